The van der Waals surface area contributed by atoms with Crippen molar-refractivity contribution >= 4 is 42.5 Å². The zero-order valence-electron chi connectivity index (χ0n) is 22.0. The highest BCUT2D eigenvalue weighted by molar-refractivity contribution is 14.1. The number of aliphatic hydroxyl groups is 1. The predicted molar refractivity (Wildman–Crippen MR) is 158 cm³/mol. The summed E-state index contributed by atoms with van der Waals surface area (Å²) in [4.78, 5) is 15.2. The van der Waals surface area contributed by atoms with E-state index in [1.54, 1.807) is 12.1 Å². The van der Waals surface area contributed by atoms with Gasteiger partial charge in [-0.25, -0.2) is 4.39 Å². The quantitative estimate of drug-likeness (QED) is 0.156. The number of rotatable bonds is 8. The molecule has 1 heterocycles. The number of halogens is 2. The molecule has 1 aliphatic heterocycles. The van der Waals surface area contributed by atoms with Crippen LogP contribution < -0.4 is 9.33 Å². The molecule has 0 radical (unpaired) electrons. The van der Waals surface area contributed by atoms with E-state index in [2.05, 4.69) is 68.6 Å². The largest absolute Gasteiger partial charge is 0.544 e. The van der Waals surface area contributed by atoms with E-state index >= 15 is 0 Å². The fourth-order valence-corrected chi connectivity index (χ4v) is 5.86. The molecule has 3 aromatic carbocycles. The molecular formula is C30H35FINO3Si. The molecule has 0 aliphatic carbocycles. The highest BCUT2D eigenvalue weighted by Crippen LogP contribution is 2.47. The number of β-lactam (4-membered cyclic amide) rings is 1. The molecule has 7 heteroatoms. The summed E-state index contributed by atoms with van der Waals surface area (Å²) in [5, 5.41) is 10.8. The van der Waals surface area contributed by atoms with Crippen molar-refractivity contribution in [3.63, 3.8) is 0 Å². The Bertz CT molecular complexity index is 1220. The van der Waals surface area contributed by atoms with Crippen LogP contribution in [0.25, 0.3) is 0 Å². The summed E-state index contributed by atoms with van der Waals surface area (Å²) >= 11 is 2.26. The molecule has 1 fully saturated rings. The molecule has 1 N–H and O–H groups in total. The van der Waals surface area contributed by atoms with Crippen molar-refractivity contribution in [1.82, 2.24) is 0 Å². The first-order chi connectivity index (χ1) is 17.4. The fraction of sp³-hybridized carbons (Fsp3) is 0.367. The topological polar surface area (TPSA) is 49.8 Å². The van der Waals surface area contributed by atoms with Crippen molar-refractivity contribution in [1.29, 1.82) is 0 Å². The maximum Gasteiger partial charge on any atom is 0.250 e. The van der Waals surface area contributed by atoms with Crippen LogP contribution in [0.3, 0.4) is 0 Å². The summed E-state index contributed by atoms with van der Waals surface area (Å²) in [5.74, 6) is 0.324. The van der Waals surface area contributed by atoms with E-state index < -0.39 is 14.4 Å². The Balaban J connectivity index is 1.56. The lowest BCUT2D eigenvalue weighted by Gasteiger charge is -2.48. The first-order valence-corrected chi connectivity index (χ1v) is 16.7. The molecule has 4 rings (SSSR count). The van der Waals surface area contributed by atoms with E-state index in [1.165, 1.54) is 12.1 Å². The molecule has 3 atom stereocenters. The van der Waals surface area contributed by atoms with Crippen LogP contribution in [0.1, 0.15) is 56.9 Å². The van der Waals surface area contributed by atoms with Crippen LogP contribution in [0.5, 0.6) is 5.75 Å². The van der Waals surface area contributed by atoms with E-state index in [9.17, 15) is 14.3 Å². The molecule has 0 spiro atoms. The maximum absolute atomic E-state index is 13.4. The summed E-state index contributed by atoms with van der Waals surface area (Å²) in [6.07, 6.45) is 0.207. The van der Waals surface area contributed by atoms with Crippen LogP contribution in [-0.2, 0) is 4.79 Å². The highest BCUT2D eigenvalue weighted by Gasteiger charge is 2.48. The Morgan fingerprint density at radius 3 is 2.16 bits per heavy atom. The molecule has 196 valence electrons. The number of benzene rings is 3. The van der Waals surface area contributed by atoms with Gasteiger partial charge in [0.15, 0.2) is 0 Å². The van der Waals surface area contributed by atoms with Gasteiger partial charge in [0, 0.05) is 9.26 Å². The average Bonchev–Trinajstić information content (AvgIpc) is 2.84. The summed E-state index contributed by atoms with van der Waals surface area (Å²) in [6, 6.07) is 21.9. The lowest BCUT2D eigenvalue weighted by molar-refractivity contribution is -0.131. The summed E-state index contributed by atoms with van der Waals surface area (Å²) in [6.45, 7) is 11.1. The summed E-state index contributed by atoms with van der Waals surface area (Å²) in [7, 11) is -1.96. The molecular weight excluding hydrogens is 596 g/mol. The molecule has 0 bridgehead atoms. The van der Waals surface area contributed by atoms with E-state index in [-0.39, 0.29) is 28.7 Å². The number of carbonyl (C=O) groups is 1. The smallest absolute Gasteiger partial charge is 0.250 e. The zero-order chi connectivity index (χ0) is 27.0. The molecule has 0 saturated carbocycles. The number of nitrogens with zero attached hydrogens (tertiary/aromatic N) is 1. The number of hydrogen-bond donors (Lipinski definition) is 1. The molecule has 1 saturated heterocycles. The van der Waals surface area contributed by atoms with E-state index in [0.29, 0.717) is 18.4 Å². The third kappa shape index (κ3) is 6.10. The second kappa shape index (κ2) is 10.9. The molecule has 0 aromatic heterocycles. The van der Waals surface area contributed by atoms with Crippen LogP contribution in [0.4, 0.5) is 10.1 Å². The van der Waals surface area contributed by atoms with Gasteiger partial charge < -0.3 is 14.4 Å². The van der Waals surface area contributed by atoms with Crippen molar-refractivity contribution in [3.8, 4) is 5.75 Å². The van der Waals surface area contributed by atoms with Crippen molar-refractivity contribution in [2.24, 2.45) is 5.92 Å². The Labute approximate surface area is 234 Å². The number of hydrogen-bond acceptors (Lipinski definition) is 3. The molecule has 0 unspecified atom stereocenters. The SMILES string of the molecule is CC(C)(C)[Si](C)(C)Oc1ccc([C@@H]2[C@@H](CC[C@H](O)c3ccc(F)cc3)C(=O)N2c2ccc(I)cc2)cc1. The molecule has 3 aromatic rings. The zero-order valence-corrected chi connectivity index (χ0v) is 25.2. The van der Waals surface area contributed by atoms with Gasteiger partial charge in [0.25, 0.3) is 0 Å². The number of anilines is 1. The van der Waals surface area contributed by atoms with Gasteiger partial charge in [-0.05, 0) is 113 Å². The average molecular weight is 632 g/mol. The molecule has 1 amide bonds. The van der Waals surface area contributed by atoms with Crippen LogP contribution in [0, 0.1) is 15.3 Å². The Kier molecular flexibility index (Phi) is 8.16. The lowest BCUT2D eigenvalue weighted by Crippen LogP contribution is -2.55. The van der Waals surface area contributed by atoms with Gasteiger partial charge in [-0.2, -0.15) is 0 Å². The standard InChI is InChI=1S/C30H35FINO3Si/c1-30(2,3)37(4,5)36-25-16-8-21(9-17-25)28-26(18-19-27(34)20-6-10-22(31)11-7-20)29(35)33(28)24-14-12-23(32)13-15-24/h6-17,26-28,34H,18-19H2,1-5H3/t26-,27+,28-/m1/s1. The normalized spacial score (nSPS) is 18.9. The minimum atomic E-state index is -1.96. The summed E-state index contributed by atoms with van der Waals surface area (Å²) in [5.41, 5.74) is 2.57. The molecule has 4 nitrogen and oxygen atoms in total. The second-order valence-electron chi connectivity index (χ2n) is 11.3. The minimum Gasteiger partial charge on any atom is -0.544 e. The van der Waals surface area contributed by atoms with E-state index in [4.69, 9.17) is 4.43 Å². The van der Waals surface area contributed by atoms with Crippen LogP contribution in [-0.4, -0.2) is 19.3 Å². The van der Waals surface area contributed by atoms with Crippen molar-refractivity contribution in [2.45, 2.75) is 63.9 Å². The molecule has 1 aliphatic rings. The van der Waals surface area contributed by atoms with Gasteiger partial charge in [-0.15, -0.1) is 0 Å². The monoisotopic (exact) mass is 631 g/mol. The number of amides is 1. The number of aliphatic hydroxyl groups excluding tert-OH is 1. The van der Waals surface area contributed by atoms with Gasteiger partial charge in [-0.1, -0.05) is 45.0 Å². The maximum atomic E-state index is 13.4. The van der Waals surface area contributed by atoms with Crippen molar-refractivity contribution < 1.29 is 18.7 Å². The summed E-state index contributed by atoms with van der Waals surface area (Å²) < 4.78 is 20.9. The first kappa shape index (κ1) is 27.8. The van der Waals surface area contributed by atoms with Gasteiger partial charge in [-0.3, -0.25) is 4.79 Å². The molecule has 37 heavy (non-hydrogen) atoms. The third-order valence-corrected chi connectivity index (χ3v) is 12.8. The van der Waals surface area contributed by atoms with Crippen LogP contribution in [0.15, 0.2) is 72.8 Å². The highest BCUT2D eigenvalue weighted by atomic mass is 127. The Morgan fingerprint density at radius 1 is 1.00 bits per heavy atom. The second-order valence-corrected chi connectivity index (χ2v) is 17.3. The van der Waals surface area contributed by atoms with Gasteiger partial charge in [0.05, 0.1) is 18.1 Å². The lowest BCUT2D eigenvalue weighted by atomic mass is 9.78. The van der Waals surface area contributed by atoms with E-state index in [1.807, 2.05) is 41.3 Å². The minimum absolute atomic E-state index is 0.0547. The van der Waals surface area contributed by atoms with E-state index in [0.717, 1.165) is 20.6 Å². The van der Waals surface area contributed by atoms with Gasteiger partial charge in [0.1, 0.15) is 11.6 Å². The van der Waals surface area contributed by atoms with Crippen molar-refractivity contribution in [3.05, 3.63) is 93.3 Å². The Hall–Kier alpha value is -2.23. The first-order valence-electron chi connectivity index (χ1n) is 12.7. The van der Waals surface area contributed by atoms with Crippen molar-refractivity contribution in [2.75, 3.05) is 4.90 Å². The Morgan fingerprint density at radius 2 is 1.59 bits per heavy atom. The fourth-order valence-electron chi connectivity index (χ4n) is 4.47. The van der Waals surface area contributed by atoms with Crippen LogP contribution in [0.2, 0.25) is 18.1 Å². The number of carbonyl (C=O) groups excluding carboxylic acids is 1. The van der Waals surface area contributed by atoms with Gasteiger partial charge in [0.2, 0.25) is 14.2 Å². The predicted octanol–water partition coefficient (Wildman–Crippen LogP) is 8.03. The third-order valence-electron chi connectivity index (χ3n) is 7.73. The van der Waals surface area contributed by atoms with Gasteiger partial charge >= 0.3 is 0 Å². The van der Waals surface area contributed by atoms with Crippen LogP contribution >= 0.6 is 22.6 Å².